The van der Waals surface area contributed by atoms with E-state index in [4.69, 9.17) is 41.2 Å². The lowest BCUT2D eigenvalue weighted by Crippen LogP contribution is -2.73. The van der Waals surface area contributed by atoms with Gasteiger partial charge in [-0.2, -0.15) is 0 Å². The third-order valence-corrected chi connectivity index (χ3v) is 13.6. The summed E-state index contributed by atoms with van der Waals surface area (Å²) >= 11 is 1.29. The molecule has 27 nitrogen and oxygen atoms in total. The highest BCUT2D eigenvalue weighted by Crippen LogP contribution is 2.51. The van der Waals surface area contributed by atoms with E-state index in [9.17, 15) is 69.9 Å². The standard InChI is InChI=1S/C21H39N7O12.C17H18N2O6S/c1-5-21(36,4-30)16(40-17-9(26-2)13(34)10(31)6(3-29)38-17)18(37-5)39-15-8(28-20(24)25)11(32)7(27-19(22)23)12(33)14(15)35;1-17(2)11(16(24)25)19-13(21)10(14(19)26-17)18-12(20)9(15(22)23)8-6-4-3-5-7-8/h4-18,26,29,31-36H,3H2,1-2H3,(H4,22,23,27)(H4,24,25,28);3-7,9-11,14H,1-2H3,(H,18,20)(H,22,23)(H,24,25)/t5-,6-,7+,8-,9-,10-,11+,12-,13-,14+,15+,16-,17-,18-,21+;9?,10-,11+,14-/m01/s1. The van der Waals surface area contributed by atoms with Gasteiger partial charge in [-0.05, 0) is 33.4 Å². The molecule has 5 aliphatic rings. The second kappa shape index (κ2) is 20.6. The lowest BCUT2D eigenvalue weighted by Gasteiger charge is -2.47. The molecule has 4 saturated heterocycles. The number of amides is 2. The molecule has 1 aliphatic carbocycles. The molecule has 66 heavy (non-hydrogen) atoms. The number of carboxylic acids is 2. The number of fused-ring (bicyclic) bond motifs is 1. The van der Waals surface area contributed by atoms with Gasteiger partial charge < -0.3 is 103 Å². The summed E-state index contributed by atoms with van der Waals surface area (Å²) in [5.41, 5.74) is 8.69. The Bertz CT molecular complexity index is 1980. The van der Waals surface area contributed by atoms with E-state index < -0.39 is 162 Å². The summed E-state index contributed by atoms with van der Waals surface area (Å²) in [6.45, 7) is 4.07. The molecule has 1 saturated carbocycles. The van der Waals surface area contributed by atoms with E-state index in [-0.39, 0.29) is 6.29 Å². The van der Waals surface area contributed by atoms with Crippen LogP contribution in [-0.4, -0.2) is 220 Å². The van der Waals surface area contributed by atoms with Crippen LogP contribution in [0.25, 0.3) is 0 Å². The highest BCUT2D eigenvalue weighted by atomic mass is 32.2. The molecule has 1 aromatic carbocycles. The van der Waals surface area contributed by atoms with Crippen molar-refractivity contribution in [2.75, 3.05) is 13.7 Å². The molecule has 5 fully saturated rings. The topological polar surface area (TPSA) is 455 Å². The third kappa shape index (κ3) is 10.1. The van der Waals surface area contributed by atoms with Crippen LogP contribution in [-0.2, 0) is 42.9 Å². The van der Waals surface area contributed by atoms with Gasteiger partial charge in [-0.3, -0.25) is 30.0 Å². The normalized spacial score (nSPS) is 39.5. The van der Waals surface area contributed by atoms with Crippen molar-refractivity contribution in [2.24, 2.45) is 11.5 Å². The minimum Gasteiger partial charge on any atom is -0.480 e. The number of carbonyl (C=O) groups excluding carboxylic acids is 3. The molecule has 28 heteroatoms. The number of rotatable bonds is 14. The number of nitrogens with one attached hydrogen (secondary N) is 6. The number of carbonyl (C=O) groups is 5. The Morgan fingerprint density at radius 2 is 1.48 bits per heavy atom. The first-order chi connectivity index (χ1) is 30.9. The van der Waals surface area contributed by atoms with E-state index in [0.29, 0.717) is 5.56 Å². The van der Waals surface area contributed by atoms with Gasteiger partial charge in [-0.1, -0.05) is 30.3 Å². The van der Waals surface area contributed by atoms with Crippen LogP contribution in [0.3, 0.4) is 0 Å². The Morgan fingerprint density at radius 3 is 2.02 bits per heavy atom. The molecule has 1 unspecified atom stereocenters. The van der Waals surface area contributed by atoms with E-state index >= 15 is 0 Å². The van der Waals surface area contributed by atoms with Crippen molar-refractivity contribution in [2.45, 2.75) is 140 Å². The van der Waals surface area contributed by atoms with Crippen LogP contribution in [0.1, 0.15) is 32.3 Å². The van der Waals surface area contributed by atoms with E-state index in [1.807, 2.05) is 0 Å². The maximum atomic E-state index is 12.5. The van der Waals surface area contributed by atoms with Gasteiger partial charge in [0.1, 0.15) is 60.2 Å². The number of nitrogens with two attached hydrogens (primary N) is 2. The van der Waals surface area contributed by atoms with Gasteiger partial charge in [0.2, 0.25) is 11.8 Å². The highest BCUT2D eigenvalue weighted by molar-refractivity contribution is 8.01. The number of β-lactam (4-membered cyclic amide) rings is 1. The van der Waals surface area contributed by atoms with Crippen LogP contribution in [0.4, 0.5) is 0 Å². The van der Waals surface area contributed by atoms with E-state index in [0.717, 1.165) is 0 Å². The van der Waals surface area contributed by atoms with Gasteiger partial charge in [0.25, 0.3) is 0 Å². The number of hydrogen-bond donors (Lipinski definition) is 17. The number of hydrogen-bond acceptors (Lipinski definition) is 20. The number of aldehydes is 1. The average molecular weight is 960 g/mol. The van der Waals surface area contributed by atoms with Gasteiger partial charge in [0.15, 0.2) is 42.3 Å². The van der Waals surface area contributed by atoms with Crippen molar-refractivity contribution in [3.8, 4) is 0 Å². The van der Waals surface area contributed by atoms with Crippen molar-refractivity contribution in [1.29, 1.82) is 10.8 Å². The molecule has 2 amide bonds. The molecule has 4 heterocycles. The van der Waals surface area contributed by atoms with Gasteiger partial charge >= 0.3 is 11.9 Å². The Kier molecular flexibility index (Phi) is 16.3. The SMILES string of the molecule is CC1(C)S[C@@H]2[C@H](NC(=O)C(C(=O)O)c3ccccc3)C(=O)N2[C@H]1C(=O)O.CN[C@@H]1[C@H](O[C@H]2[C@H](O[C@H]3[C@H](O)[C@@H](O)[C@H](NC(=N)N)[C@@H](O)[C@@H]3NC(=N)N)O[C@@H](C)[C@]2(O)C=O)O[C@@H](CO)[C@H](O)[C@H]1O. The van der Waals surface area contributed by atoms with Crippen LogP contribution >= 0.6 is 11.8 Å². The lowest BCUT2D eigenvalue weighted by molar-refractivity contribution is -0.314. The Balaban J connectivity index is 0.000000270. The largest absolute Gasteiger partial charge is 0.480 e. The number of ether oxygens (including phenoxy) is 4. The van der Waals surface area contributed by atoms with E-state index in [1.54, 1.807) is 32.0 Å². The number of carboxylic acid groups (broad SMARTS) is 2. The smallest absolute Gasteiger partial charge is 0.327 e. The van der Waals surface area contributed by atoms with Crippen LogP contribution in [0, 0.1) is 10.8 Å². The molecule has 0 bridgehead atoms. The van der Waals surface area contributed by atoms with Crippen molar-refractivity contribution >= 4 is 53.7 Å². The third-order valence-electron chi connectivity index (χ3n) is 12.1. The molecule has 4 aliphatic heterocycles. The fourth-order valence-corrected chi connectivity index (χ4v) is 10.2. The predicted molar refractivity (Wildman–Crippen MR) is 224 cm³/mol. The Hall–Kier alpha value is -4.82. The minimum absolute atomic E-state index is 0.136. The van der Waals surface area contributed by atoms with Gasteiger partial charge in [0, 0.05) is 4.75 Å². The predicted octanol–water partition coefficient (Wildman–Crippen LogP) is -7.26. The fourth-order valence-electron chi connectivity index (χ4n) is 8.61. The molecular weight excluding hydrogens is 903 g/mol. The zero-order valence-corrected chi connectivity index (χ0v) is 36.6. The summed E-state index contributed by atoms with van der Waals surface area (Å²) in [4.78, 5) is 61.3. The van der Waals surface area contributed by atoms with Crippen LogP contribution in [0.5, 0.6) is 0 Å². The number of guanidine groups is 2. The lowest BCUT2D eigenvalue weighted by atomic mass is 9.81. The van der Waals surface area contributed by atoms with Crippen molar-refractivity contribution in [3.63, 3.8) is 0 Å². The monoisotopic (exact) mass is 959 g/mol. The van der Waals surface area contributed by atoms with Crippen LogP contribution < -0.4 is 32.7 Å². The molecule has 19 atom stereocenters. The van der Waals surface area contributed by atoms with Gasteiger partial charge in [-0.25, -0.2) is 4.79 Å². The number of aliphatic hydroxyl groups excluding tert-OH is 6. The van der Waals surface area contributed by atoms with Gasteiger partial charge in [-0.15, -0.1) is 11.8 Å². The zero-order valence-electron chi connectivity index (χ0n) is 35.8. The number of nitrogens with zero attached hydrogens (tertiary/aromatic N) is 1. The number of thioether (sulfide) groups is 1. The van der Waals surface area contributed by atoms with Crippen molar-refractivity contribution in [1.82, 2.24) is 26.2 Å². The maximum Gasteiger partial charge on any atom is 0.327 e. The van der Waals surface area contributed by atoms with Crippen LogP contribution in [0.2, 0.25) is 0 Å². The first kappa shape index (κ1) is 52.2. The molecule has 0 radical (unpaired) electrons. The van der Waals surface area contributed by atoms with E-state index in [1.165, 1.54) is 42.8 Å². The summed E-state index contributed by atoms with van der Waals surface area (Å²) < 4.78 is 22.2. The molecule has 368 valence electrons. The summed E-state index contributed by atoms with van der Waals surface area (Å²) in [6.07, 6.45) is -17.3. The number of benzene rings is 1. The van der Waals surface area contributed by atoms with Crippen LogP contribution in [0.15, 0.2) is 30.3 Å². The summed E-state index contributed by atoms with van der Waals surface area (Å²) in [5, 5.41) is 117. The minimum atomic E-state index is -2.39. The molecule has 0 spiro atoms. The number of aliphatic hydroxyl groups is 7. The summed E-state index contributed by atoms with van der Waals surface area (Å²) in [7, 11) is 1.41. The summed E-state index contributed by atoms with van der Waals surface area (Å²) in [6, 6.07) is 2.15. The van der Waals surface area contributed by atoms with Crippen molar-refractivity contribution in [3.05, 3.63) is 35.9 Å². The molecule has 1 aromatic rings. The molecular formula is C38H57N9O18S. The average Bonchev–Trinajstić information content (AvgIpc) is 3.65. The molecule has 19 N–H and O–H groups in total. The highest BCUT2D eigenvalue weighted by Gasteiger charge is 2.65. The maximum absolute atomic E-state index is 12.5. The van der Waals surface area contributed by atoms with Gasteiger partial charge in [0.05, 0.1) is 36.9 Å². The second-order valence-corrected chi connectivity index (χ2v) is 18.5. The second-order valence-electron chi connectivity index (χ2n) is 16.7. The zero-order chi connectivity index (χ0) is 49.3. The molecule has 0 aromatic heterocycles. The number of likely N-dealkylation sites (N-methyl/N-ethyl adjacent to an activating group) is 1. The fraction of sp³-hybridized carbons (Fsp3) is 0.658. The number of aliphatic carboxylic acids is 2. The summed E-state index contributed by atoms with van der Waals surface area (Å²) in [5.74, 6) is -6.45. The van der Waals surface area contributed by atoms with E-state index in [2.05, 4.69) is 21.3 Å². The van der Waals surface area contributed by atoms with Crippen molar-refractivity contribution < 1.29 is 88.9 Å². The molecule has 6 rings (SSSR count). The quantitative estimate of drug-likeness (QED) is 0.0271. The first-order valence-corrected chi connectivity index (χ1v) is 21.3. The Labute approximate surface area is 380 Å². The Morgan fingerprint density at radius 1 is 0.894 bits per heavy atom. The first-order valence-electron chi connectivity index (χ1n) is 20.4.